The van der Waals surface area contributed by atoms with Crippen LogP contribution in [0.1, 0.15) is 24.4 Å². The zero-order chi connectivity index (χ0) is 12.8. The number of hydrogen-bond acceptors (Lipinski definition) is 2. The van der Waals surface area contributed by atoms with Crippen molar-refractivity contribution in [2.75, 3.05) is 19.8 Å². The molecular weight excluding hydrogens is 229 g/mol. The molecular formula is C15H20FNO. The Balaban J connectivity index is 1.84. The molecule has 98 valence electrons. The van der Waals surface area contributed by atoms with Crippen LogP contribution < -0.4 is 5.32 Å². The van der Waals surface area contributed by atoms with Gasteiger partial charge < -0.3 is 10.1 Å². The largest absolute Gasteiger partial charge is 0.376 e. The molecule has 0 saturated heterocycles. The third-order valence-electron chi connectivity index (χ3n) is 3.17. The van der Waals surface area contributed by atoms with Crippen LogP contribution in [-0.4, -0.2) is 19.8 Å². The SMILES string of the molecule is C=CCOCCNC(c1ccc(F)cc1)C1CC1. The lowest BCUT2D eigenvalue weighted by molar-refractivity contribution is 0.160. The summed E-state index contributed by atoms with van der Waals surface area (Å²) < 4.78 is 18.3. The van der Waals surface area contributed by atoms with Crippen molar-refractivity contribution in [3.63, 3.8) is 0 Å². The average Bonchev–Trinajstić information content (AvgIpc) is 3.20. The highest BCUT2D eigenvalue weighted by Gasteiger charge is 2.31. The Labute approximate surface area is 108 Å². The van der Waals surface area contributed by atoms with E-state index in [2.05, 4.69) is 11.9 Å². The predicted octanol–water partition coefficient (Wildman–Crippen LogP) is 3.07. The number of halogens is 1. The molecule has 1 aliphatic rings. The minimum absolute atomic E-state index is 0.178. The molecule has 2 rings (SSSR count). The van der Waals surface area contributed by atoms with E-state index in [1.807, 2.05) is 12.1 Å². The first kappa shape index (κ1) is 13.2. The van der Waals surface area contributed by atoms with Crippen LogP contribution in [0.4, 0.5) is 4.39 Å². The van der Waals surface area contributed by atoms with E-state index in [0.717, 1.165) is 6.54 Å². The summed E-state index contributed by atoms with van der Waals surface area (Å²) in [5.41, 5.74) is 1.17. The van der Waals surface area contributed by atoms with Crippen LogP contribution in [0, 0.1) is 11.7 Å². The highest BCUT2D eigenvalue weighted by atomic mass is 19.1. The summed E-state index contributed by atoms with van der Waals surface area (Å²) in [5, 5.41) is 3.49. The van der Waals surface area contributed by atoms with Gasteiger partial charge in [0, 0.05) is 12.6 Å². The summed E-state index contributed by atoms with van der Waals surface area (Å²) in [7, 11) is 0. The van der Waals surface area contributed by atoms with Crippen molar-refractivity contribution in [3.05, 3.63) is 48.3 Å². The predicted molar refractivity (Wildman–Crippen MR) is 70.9 cm³/mol. The van der Waals surface area contributed by atoms with E-state index in [9.17, 15) is 4.39 Å². The van der Waals surface area contributed by atoms with E-state index in [-0.39, 0.29) is 5.82 Å². The van der Waals surface area contributed by atoms with Crippen molar-refractivity contribution in [1.29, 1.82) is 0 Å². The zero-order valence-electron chi connectivity index (χ0n) is 10.6. The fourth-order valence-corrected chi connectivity index (χ4v) is 2.11. The quantitative estimate of drug-likeness (QED) is 0.564. The van der Waals surface area contributed by atoms with Gasteiger partial charge in [-0.3, -0.25) is 0 Å². The van der Waals surface area contributed by atoms with Gasteiger partial charge in [-0.2, -0.15) is 0 Å². The summed E-state index contributed by atoms with van der Waals surface area (Å²) in [6.07, 6.45) is 4.25. The third-order valence-corrected chi connectivity index (χ3v) is 3.17. The first-order valence-electron chi connectivity index (χ1n) is 6.48. The van der Waals surface area contributed by atoms with Gasteiger partial charge in [0.2, 0.25) is 0 Å². The van der Waals surface area contributed by atoms with Gasteiger partial charge in [0.1, 0.15) is 5.82 Å². The van der Waals surface area contributed by atoms with Crippen molar-refractivity contribution in [2.24, 2.45) is 5.92 Å². The molecule has 0 spiro atoms. The summed E-state index contributed by atoms with van der Waals surface area (Å²) in [5.74, 6) is 0.512. The minimum Gasteiger partial charge on any atom is -0.376 e. The molecule has 0 aliphatic heterocycles. The molecule has 0 aromatic heterocycles. The van der Waals surface area contributed by atoms with Crippen LogP contribution >= 0.6 is 0 Å². The van der Waals surface area contributed by atoms with Crippen molar-refractivity contribution >= 4 is 0 Å². The summed E-state index contributed by atoms with van der Waals surface area (Å²) in [4.78, 5) is 0. The van der Waals surface area contributed by atoms with Gasteiger partial charge in [-0.15, -0.1) is 6.58 Å². The van der Waals surface area contributed by atoms with E-state index >= 15 is 0 Å². The smallest absolute Gasteiger partial charge is 0.123 e. The highest BCUT2D eigenvalue weighted by Crippen LogP contribution is 2.40. The van der Waals surface area contributed by atoms with Crippen LogP contribution in [0.5, 0.6) is 0 Å². The third kappa shape index (κ3) is 3.93. The maximum absolute atomic E-state index is 12.9. The Morgan fingerprint density at radius 3 is 2.72 bits per heavy atom. The molecule has 1 aromatic carbocycles. The van der Waals surface area contributed by atoms with Crippen LogP contribution in [0.2, 0.25) is 0 Å². The van der Waals surface area contributed by atoms with Gasteiger partial charge in [-0.1, -0.05) is 18.2 Å². The van der Waals surface area contributed by atoms with Gasteiger partial charge in [0.15, 0.2) is 0 Å². The molecule has 3 heteroatoms. The molecule has 1 saturated carbocycles. The Bertz CT molecular complexity index is 373. The number of rotatable bonds is 8. The molecule has 0 bridgehead atoms. The lowest BCUT2D eigenvalue weighted by Gasteiger charge is -2.18. The normalized spacial score (nSPS) is 16.5. The van der Waals surface area contributed by atoms with E-state index < -0.39 is 0 Å². The monoisotopic (exact) mass is 249 g/mol. The molecule has 1 fully saturated rings. The Morgan fingerprint density at radius 2 is 2.11 bits per heavy atom. The lowest BCUT2D eigenvalue weighted by atomic mass is 10.0. The molecule has 1 aromatic rings. The second kappa shape index (κ2) is 6.66. The Kier molecular flexibility index (Phi) is 4.90. The fourth-order valence-electron chi connectivity index (χ4n) is 2.11. The van der Waals surface area contributed by atoms with Crippen molar-refractivity contribution < 1.29 is 9.13 Å². The molecule has 1 atom stereocenters. The Morgan fingerprint density at radius 1 is 1.39 bits per heavy atom. The standard InChI is InChI=1S/C15H20FNO/c1-2-10-18-11-9-17-15(12-3-4-12)13-5-7-14(16)8-6-13/h2,5-8,12,15,17H,1,3-4,9-11H2. The van der Waals surface area contributed by atoms with Gasteiger partial charge in [0.25, 0.3) is 0 Å². The van der Waals surface area contributed by atoms with Gasteiger partial charge >= 0.3 is 0 Å². The van der Waals surface area contributed by atoms with E-state index in [1.54, 1.807) is 6.08 Å². The Hall–Kier alpha value is -1.19. The number of benzene rings is 1. The second-order valence-corrected chi connectivity index (χ2v) is 4.68. The summed E-state index contributed by atoms with van der Waals surface area (Å²) in [6.45, 7) is 5.69. The topological polar surface area (TPSA) is 21.3 Å². The number of nitrogens with one attached hydrogen (secondary N) is 1. The van der Waals surface area contributed by atoms with Crippen molar-refractivity contribution in [3.8, 4) is 0 Å². The summed E-state index contributed by atoms with van der Waals surface area (Å²) >= 11 is 0. The van der Waals surface area contributed by atoms with Crippen molar-refractivity contribution in [1.82, 2.24) is 5.32 Å². The fraction of sp³-hybridized carbons (Fsp3) is 0.467. The second-order valence-electron chi connectivity index (χ2n) is 4.68. The summed E-state index contributed by atoms with van der Waals surface area (Å²) in [6, 6.07) is 7.13. The number of hydrogen-bond donors (Lipinski definition) is 1. The molecule has 0 amide bonds. The maximum Gasteiger partial charge on any atom is 0.123 e. The van der Waals surface area contributed by atoms with E-state index in [0.29, 0.717) is 25.2 Å². The van der Waals surface area contributed by atoms with E-state index in [4.69, 9.17) is 4.74 Å². The van der Waals surface area contributed by atoms with Crippen LogP contribution in [0.25, 0.3) is 0 Å². The average molecular weight is 249 g/mol. The van der Waals surface area contributed by atoms with Gasteiger partial charge in [-0.25, -0.2) is 4.39 Å². The van der Waals surface area contributed by atoms with Gasteiger partial charge in [-0.05, 0) is 36.5 Å². The van der Waals surface area contributed by atoms with Crippen LogP contribution in [0.3, 0.4) is 0 Å². The van der Waals surface area contributed by atoms with Gasteiger partial charge in [0.05, 0.1) is 13.2 Å². The molecule has 1 N–H and O–H groups in total. The van der Waals surface area contributed by atoms with E-state index in [1.165, 1.54) is 30.5 Å². The highest BCUT2D eigenvalue weighted by molar-refractivity contribution is 5.21. The molecule has 1 unspecified atom stereocenters. The molecule has 0 radical (unpaired) electrons. The lowest BCUT2D eigenvalue weighted by Crippen LogP contribution is -2.26. The van der Waals surface area contributed by atoms with Crippen LogP contribution in [-0.2, 0) is 4.74 Å². The first-order valence-corrected chi connectivity index (χ1v) is 6.48. The zero-order valence-corrected chi connectivity index (χ0v) is 10.6. The minimum atomic E-state index is -0.178. The molecule has 2 nitrogen and oxygen atoms in total. The first-order chi connectivity index (χ1) is 8.81. The van der Waals surface area contributed by atoms with Crippen LogP contribution in [0.15, 0.2) is 36.9 Å². The molecule has 0 heterocycles. The maximum atomic E-state index is 12.9. The van der Waals surface area contributed by atoms with Crippen molar-refractivity contribution in [2.45, 2.75) is 18.9 Å². The molecule has 18 heavy (non-hydrogen) atoms. The number of ether oxygens (including phenoxy) is 1. The molecule has 1 aliphatic carbocycles.